The Kier molecular flexibility index (Phi) is 30.4. The van der Waals surface area contributed by atoms with Crippen molar-refractivity contribution in [3.05, 3.63) is 0 Å². The van der Waals surface area contributed by atoms with Crippen LogP contribution in [0.15, 0.2) is 0 Å². The summed E-state index contributed by atoms with van der Waals surface area (Å²) in [7, 11) is 3.79. The van der Waals surface area contributed by atoms with Crippen LogP contribution in [0, 0.1) is 0 Å². The first-order valence-corrected chi connectivity index (χ1v) is 22.7. The third kappa shape index (κ3) is 23.6. The number of halogens is 1. The number of ether oxygens (including phenoxy) is 6. The van der Waals surface area contributed by atoms with Crippen molar-refractivity contribution < 1.29 is 99.9 Å². The van der Waals surface area contributed by atoms with Crippen LogP contribution in [0.1, 0.15) is 123 Å². The predicted molar refractivity (Wildman–Crippen MR) is 225 cm³/mol. The molecule has 8 N–H and O–H groups in total. The van der Waals surface area contributed by atoms with E-state index in [0.29, 0.717) is 37.1 Å². The first kappa shape index (κ1) is 59.3. The molecular formula is C43H78ClN3O17. The number of nitrogens with one attached hydrogen (secondary N) is 2. The Morgan fingerprint density at radius 2 is 1.09 bits per heavy atom. The highest BCUT2D eigenvalue weighted by atomic mass is 35.5. The second kappa shape index (κ2) is 32.8. The first-order valence-electron chi connectivity index (χ1n) is 22.7. The Morgan fingerprint density at radius 1 is 0.578 bits per heavy atom. The molecule has 2 rings (SSSR count). The number of quaternary nitrogens is 1. The lowest BCUT2D eigenvalue weighted by atomic mass is 9.94. The summed E-state index contributed by atoms with van der Waals surface area (Å²) in [5, 5.41) is 67.1. The SMILES string of the molecule is CC(=O)NC1[C@@H](O[C@H]2C(CO)O[C@H](O)C(NC(=O)CCCCCCCCCC(=O)OCCCCCCCCCCOC(=O)C[N+](C)(C)CCOC(C)=O)[C@@H]2O)OC(CO)[C@H](O)[C@H]1O.[Cl-]. The number of unbranched alkanes of at least 4 members (excludes halogenated alkanes) is 13. The van der Waals surface area contributed by atoms with Gasteiger partial charge in [-0.25, -0.2) is 4.79 Å². The fraction of sp³-hybridized carbons (Fsp3) is 0.884. The lowest BCUT2D eigenvalue weighted by molar-refractivity contribution is -0.883. The van der Waals surface area contributed by atoms with Crippen LogP contribution in [0.4, 0.5) is 0 Å². The summed E-state index contributed by atoms with van der Waals surface area (Å²) in [6.45, 7) is 2.98. The average Bonchev–Trinajstić information content (AvgIpc) is 3.21. The molecular weight excluding hydrogens is 866 g/mol. The van der Waals surface area contributed by atoms with E-state index in [1.165, 1.54) is 13.8 Å². The number of carbonyl (C=O) groups is 5. The molecule has 0 aromatic heterocycles. The van der Waals surface area contributed by atoms with Crippen molar-refractivity contribution in [1.82, 2.24) is 10.6 Å². The van der Waals surface area contributed by atoms with E-state index in [1.54, 1.807) is 0 Å². The van der Waals surface area contributed by atoms with E-state index >= 15 is 0 Å². The van der Waals surface area contributed by atoms with Gasteiger partial charge < -0.3 is 86.6 Å². The summed E-state index contributed by atoms with van der Waals surface area (Å²) in [5.74, 6) is -1.81. The maximum atomic E-state index is 12.8. The van der Waals surface area contributed by atoms with E-state index in [9.17, 15) is 54.6 Å². The number of esters is 3. The molecule has 21 heteroatoms. The van der Waals surface area contributed by atoms with Crippen molar-refractivity contribution in [2.24, 2.45) is 0 Å². The molecule has 374 valence electrons. The van der Waals surface area contributed by atoms with E-state index < -0.39 is 86.3 Å². The van der Waals surface area contributed by atoms with Crippen LogP contribution in [-0.4, -0.2) is 186 Å². The summed E-state index contributed by atoms with van der Waals surface area (Å²) in [5.41, 5.74) is 0. The zero-order chi connectivity index (χ0) is 46.8. The van der Waals surface area contributed by atoms with Crippen LogP contribution in [-0.2, 0) is 52.4 Å². The zero-order valence-corrected chi connectivity index (χ0v) is 39.0. The van der Waals surface area contributed by atoms with Gasteiger partial charge in [0.2, 0.25) is 11.8 Å². The number of hydrogen-bond donors (Lipinski definition) is 8. The van der Waals surface area contributed by atoms with E-state index in [1.807, 2.05) is 14.1 Å². The van der Waals surface area contributed by atoms with E-state index in [4.69, 9.17) is 28.4 Å². The minimum absolute atomic E-state index is 0. The van der Waals surface area contributed by atoms with Gasteiger partial charge in [-0.15, -0.1) is 0 Å². The molecule has 2 heterocycles. The van der Waals surface area contributed by atoms with Gasteiger partial charge in [-0.3, -0.25) is 19.2 Å². The summed E-state index contributed by atoms with van der Waals surface area (Å²) in [6.07, 6.45) is 2.18. The fourth-order valence-corrected chi connectivity index (χ4v) is 7.46. The molecule has 0 aromatic rings. The zero-order valence-electron chi connectivity index (χ0n) is 38.2. The number of aliphatic hydroxyl groups is 6. The van der Waals surface area contributed by atoms with E-state index in [0.717, 1.165) is 89.9 Å². The van der Waals surface area contributed by atoms with Crippen molar-refractivity contribution in [3.63, 3.8) is 0 Å². The van der Waals surface area contributed by atoms with Crippen molar-refractivity contribution in [3.8, 4) is 0 Å². The van der Waals surface area contributed by atoms with Crippen molar-refractivity contribution in [1.29, 1.82) is 0 Å². The standard InChI is InChI=1S/C43H77N3O17.ClH/c1-29(49)44-37-39(55)38(54)31(27-47)62-43(37)63-41-32(28-48)61-42(57)36(40(41)56)45-33(51)20-16-12-8-7-9-13-17-21-34(52)59-23-18-14-10-5-6-11-15-19-24-60-35(53)26-46(3,4)22-25-58-30(2)50;/h31-32,36-43,47-48,54-57H,5-28H2,1-4H3,(H-,44,45,49,51);1H/t31?,32?,36?,37?,38-,39-,40-,41-,42-,43+;/m0./s1. The minimum Gasteiger partial charge on any atom is -1.00 e. The van der Waals surface area contributed by atoms with Gasteiger partial charge in [-0.1, -0.05) is 70.6 Å². The molecule has 0 spiro atoms. The summed E-state index contributed by atoms with van der Waals surface area (Å²) in [6, 6.07) is -2.69. The van der Waals surface area contributed by atoms with Gasteiger partial charge in [-0.2, -0.15) is 0 Å². The maximum Gasteiger partial charge on any atom is 0.361 e. The molecule has 2 aliphatic heterocycles. The highest BCUT2D eigenvalue weighted by molar-refractivity contribution is 5.76. The van der Waals surface area contributed by atoms with Crippen LogP contribution < -0.4 is 23.0 Å². The Morgan fingerprint density at radius 3 is 1.62 bits per heavy atom. The number of hydrogen-bond acceptors (Lipinski definition) is 17. The predicted octanol–water partition coefficient (Wildman–Crippen LogP) is -2.77. The average molecular weight is 945 g/mol. The lowest BCUT2D eigenvalue weighted by Crippen LogP contribution is -3.00. The van der Waals surface area contributed by atoms with Gasteiger partial charge in [0.15, 0.2) is 19.1 Å². The van der Waals surface area contributed by atoms with E-state index in [-0.39, 0.29) is 49.9 Å². The summed E-state index contributed by atoms with van der Waals surface area (Å²) < 4.78 is 32.9. The topological polar surface area (TPSA) is 286 Å². The fourth-order valence-electron chi connectivity index (χ4n) is 7.46. The van der Waals surface area contributed by atoms with Gasteiger partial charge in [0.05, 0.1) is 40.5 Å². The summed E-state index contributed by atoms with van der Waals surface area (Å²) >= 11 is 0. The van der Waals surface area contributed by atoms with Crippen molar-refractivity contribution >= 4 is 29.7 Å². The molecule has 2 fully saturated rings. The molecule has 10 atom stereocenters. The van der Waals surface area contributed by atoms with E-state index in [2.05, 4.69) is 10.6 Å². The third-order valence-corrected chi connectivity index (χ3v) is 11.2. The monoisotopic (exact) mass is 944 g/mol. The van der Waals surface area contributed by atoms with Gasteiger partial charge in [0.25, 0.3) is 0 Å². The highest BCUT2D eigenvalue weighted by Crippen LogP contribution is 2.29. The Balaban J connectivity index is 0.0000205. The van der Waals surface area contributed by atoms with Crippen molar-refractivity contribution in [2.75, 3.05) is 60.2 Å². The number of carbonyl (C=O) groups excluding carboxylic acids is 5. The molecule has 2 amide bonds. The maximum absolute atomic E-state index is 12.8. The normalized spacial score (nSPS) is 25.7. The van der Waals surface area contributed by atoms with Gasteiger partial charge in [0.1, 0.15) is 61.9 Å². The minimum atomic E-state index is -1.70. The van der Waals surface area contributed by atoms with Crippen LogP contribution in [0.3, 0.4) is 0 Å². The molecule has 0 aliphatic carbocycles. The second-order valence-corrected chi connectivity index (χ2v) is 17.3. The Labute approximate surface area is 384 Å². The molecule has 0 bridgehead atoms. The molecule has 0 saturated carbocycles. The molecule has 2 aliphatic rings. The first-order chi connectivity index (χ1) is 30.0. The van der Waals surface area contributed by atoms with Crippen LogP contribution >= 0.6 is 0 Å². The number of rotatable bonds is 32. The largest absolute Gasteiger partial charge is 1.00 e. The molecule has 64 heavy (non-hydrogen) atoms. The smallest absolute Gasteiger partial charge is 0.361 e. The quantitative estimate of drug-likeness (QED) is 0.0147. The summed E-state index contributed by atoms with van der Waals surface area (Å²) in [4.78, 5) is 59.7. The Hall–Kier alpha value is -2.76. The molecule has 20 nitrogen and oxygen atoms in total. The third-order valence-electron chi connectivity index (χ3n) is 11.2. The number of amides is 2. The number of aliphatic hydroxyl groups excluding tert-OH is 6. The van der Waals surface area contributed by atoms with Crippen molar-refractivity contribution in [2.45, 2.75) is 184 Å². The highest BCUT2D eigenvalue weighted by Gasteiger charge is 2.51. The molecule has 0 radical (unpaired) electrons. The molecule has 0 aromatic carbocycles. The number of nitrogens with zero attached hydrogens (tertiary/aromatic N) is 1. The molecule has 2 saturated heterocycles. The number of likely N-dealkylation sites (N-methyl/N-ethyl adjacent to an activating group) is 1. The Bertz CT molecular complexity index is 1350. The molecule has 4 unspecified atom stereocenters. The van der Waals surface area contributed by atoms with Gasteiger partial charge >= 0.3 is 17.9 Å². The lowest BCUT2D eigenvalue weighted by Gasteiger charge is -2.47. The van der Waals surface area contributed by atoms with Gasteiger partial charge in [-0.05, 0) is 25.7 Å². The van der Waals surface area contributed by atoms with Crippen LogP contribution in [0.25, 0.3) is 0 Å². The van der Waals surface area contributed by atoms with Crippen LogP contribution in [0.5, 0.6) is 0 Å². The van der Waals surface area contributed by atoms with Crippen LogP contribution in [0.2, 0.25) is 0 Å². The van der Waals surface area contributed by atoms with Gasteiger partial charge in [0, 0.05) is 26.7 Å². The second-order valence-electron chi connectivity index (χ2n) is 17.3.